The predicted molar refractivity (Wildman–Crippen MR) is 112 cm³/mol. The molecule has 3 rings (SSSR count). The summed E-state index contributed by atoms with van der Waals surface area (Å²) in [4.78, 5) is 27.6. The lowest BCUT2D eigenvalue weighted by Gasteiger charge is -2.22. The number of ether oxygens (including phenoxy) is 2. The van der Waals surface area contributed by atoms with E-state index in [2.05, 4.69) is 20.8 Å². The number of urea groups is 1. The van der Waals surface area contributed by atoms with Crippen LogP contribution in [-0.2, 0) is 4.79 Å². The maximum Gasteiger partial charge on any atom is 0.318 e. The van der Waals surface area contributed by atoms with E-state index in [9.17, 15) is 4.79 Å². The van der Waals surface area contributed by atoms with Crippen molar-refractivity contribution in [2.75, 3.05) is 40.4 Å². The second-order valence-corrected chi connectivity index (χ2v) is 6.81. The molecule has 1 aromatic heterocycles. The van der Waals surface area contributed by atoms with E-state index in [0.717, 1.165) is 38.5 Å². The molecule has 1 saturated heterocycles. The Balaban J connectivity index is 0.000000785. The zero-order valence-electron chi connectivity index (χ0n) is 18.2. The molecule has 0 saturated carbocycles. The molecule has 1 aromatic carbocycles. The van der Waals surface area contributed by atoms with Crippen LogP contribution in [0.1, 0.15) is 32.2 Å². The molecule has 1 atom stereocenters. The molecule has 0 radical (unpaired) electrons. The normalized spacial score (nSPS) is 14.5. The number of nitrogens with one attached hydrogen (secondary N) is 2. The largest absolute Gasteiger partial charge is 0.493 e. The highest BCUT2D eigenvalue weighted by molar-refractivity contribution is 5.74. The smallest absolute Gasteiger partial charge is 0.318 e. The van der Waals surface area contributed by atoms with Crippen LogP contribution >= 0.6 is 0 Å². The lowest BCUT2D eigenvalue weighted by Crippen LogP contribution is -2.42. The van der Waals surface area contributed by atoms with Crippen LogP contribution in [0.25, 0.3) is 11.4 Å². The number of hydrogen-bond donors (Lipinski definition) is 3. The zero-order valence-corrected chi connectivity index (χ0v) is 18.2. The molecular weight excluding hydrogens is 406 g/mol. The van der Waals surface area contributed by atoms with E-state index in [1.165, 1.54) is 0 Å². The molecule has 11 nitrogen and oxygen atoms in total. The van der Waals surface area contributed by atoms with Crippen LogP contribution in [0.4, 0.5) is 4.79 Å². The zero-order chi connectivity index (χ0) is 22.8. The van der Waals surface area contributed by atoms with Crippen molar-refractivity contribution in [1.82, 2.24) is 25.7 Å². The number of carboxylic acids is 1. The van der Waals surface area contributed by atoms with Gasteiger partial charge in [-0.3, -0.25) is 4.79 Å². The van der Waals surface area contributed by atoms with Crippen LogP contribution in [-0.4, -0.2) is 72.5 Å². The summed E-state index contributed by atoms with van der Waals surface area (Å²) in [6, 6.07) is 4.86. The molecule has 1 aliphatic heterocycles. The van der Waals surface area contributed by atoms with Gasteiger partial charge in [-0.2, -0.15) is 4.98 Å². The fourth-order valence-electron chi connectivity index (χ4n) is 2.89. The molecule has 1 aliphatic rings. The third-order valence-corrected chi connectivity index (χ3v) is 4.42. The molecule has 31 heavy (non-hydrogen) atoms. The van der Waals surface area contributed by atoms with E-state index in [4.69, 9.17) is 23.9 Å². The van der Waals surface area contributed by atoms with Gasteiger partial charge in [-0.25, -0.2) is 4.79 Å². The maximum atomic E-state index is 12.4. The summed E-state index contributed by atoms with van der Waals surface area (Å²) in [6.07, 6.45) is 0.936. The maximum absolute atomic E-state index is 12.4. The van der Waals surface area contributed by atoms with Crippen LogP contribution in [0.2, 0.25) is 0 Å². The highest BCUT2D eigenvalue weighted by Gasteiger charge is 2.21. The van der Waals surface area contributed by atoms with Crippen LogP contribution in [0, 0.1) is 0 Å². The lowest BCUT2D eigenvalue weighted by atomic mass is 10.2. The average molecular weight is 435 g/mol. The summed E-state index contributed by atoms with van der Waals surface area (Å²) in [5.74, 6) is 1.14. The van der Waals surface area contributed by atoms with E-state index in [0.29, 0.717) is 29.8 Å². The standard InChI is InChI=1S/C18H25N5O4.C2H4O2/c1-12(20-18(24)23-9-4-7-19-8-10-23)17-21-16(22-27-17)13-5-6-14(25-2)15(11-13)26-3;1-2(3)4/h5-6,11-12,19H,4,7-10H2,1-3H3,(H,20,24);1H3,(H,3,4). The van der Waals surface area contributed by atoms with Gasteiger partial charge in [0.2, 0.25) is 11.7 Å². The minimum absolute atomic E-state index is 0.128. The van der Waals surface area contributed by atoms with Gasteiger partial charge in [0, 0.05) is 32.1 Å². The molecule has 3 N–H and O–H groups in total. The van der Waals surface area contributed by atoms with E-state index >= 15 is 0 Å². The van der Waals surface area contributed by atoms with E-state index in [1.54, 1.807) is 31.3 Å². The second-order valence-electron chi connectivity index (χ2n) is 6.81. The number of hydrogen-bond acceptors (Lipinski definition) is 8. The van der Waals surface area contributed by atoms with E-state index in [-0.39, 0.29) is 6.03 Å². The number of nitrogens with zero attached hydrogens (tertiary/aromatic N) is 3. The first-order valence-corrected chi connectivity index (χ1v) is 9.87. The Morgan fingerprint density at radius 1 is 1.23 bits per heavy atom. The molecule has 170 valence electrons. The number of aromatic nitrogens is 2. The Hall–Kier alpha value is -3.34. The number of aliphatic carboxylic acids is 1. The highest BCUT2D eigenvalue weighted by Crippen LogP contribution is 2.31. The molecule has 1 fully saturated rings. The first-order valence-electron chi connectivity index (χ1n) is 9.87. The predicted octanol–water partition coefficient (Wildman–Crippen LogP) is 1.91. The van der Waals surface area contributed by atoms with E-state index < -0.39 is 12.0 Å². The summed E-state index contributed by atoms with van der Waals surface area (Å²) in [7, 11) is 3.15. The third-order valence-electron chi connectivity index (χ3n) is 4.42. The minimum atomic E-state index is -0.833. The van der Waals surface area contributed by atoms with Gasteiger partial charge in [0.05, 0.1) is 14.2 Å². The summed E-state index contributed by atoms with van der Waals surface area (Å²) in [5, 5.41) is 17.6. The van der Waals surface area contributed by atoms with Crippen molar-refractivity contribution in [1.29, 1.82) is 0 Å². The molecule has 1 unspecified atom stereocenters. The van der Waals surface area contributed by atoms with Crippen molar-refractivity contribution >= 4 is 12.0 Å². The lowest BCUT2D eigenvalue weighted by molar-refractivity contribution is -0.134. The first-order chi connectivity index (χ1) is 14.8. The summed E-state index contributed by atoms with van der Waals surface area (Å²) in [6.45, 7) is 6.04. The Labute approximate surface area is 180 Å². The van der Waals surface area contributed by atoms with Crippen LogP contribution < -0.4 is 20.1 Å². The molecular formula is C20H29N5O6. The molecule has 11 heteroatoms. The molecule has 2 heterocycles. The fraction of sp³-hybridized carbons (Fsp3) is 0.500. The molecule has 2 amide bonds. The Morgan fingerprint density at radius 2 is 1.94 bits per heavy atom. The topological polar surface area (TPSA) is 139 Å². The van der Waals surface area contributed by atoms with Crippen LogP contribution in [0.5, 0.6) is 11.5 Å². The quantitative estimate of drug-likeness (QED) is 0.642. The molecule has 2 aromatic rings. The monoisotopic (exact) mass is 435 g/mol. The van der Waals surface area contributed by atoms with Gasteiger partial charge in [0.15, 0.2) is 11.5 Å². The summed E-state index contributed by atoms with van der Waals surface area (Å²) in [5.41, 5.74) is 0.736. The highest BCUT2D eigenvalue weighted by atomic mass is 16.5. The number of carbonyl (C=O) groups excluding carboxylic acids is 1. The number of amides is 2. The van der Waals surface area contributed by atoms with Gasteiger partial charge in [0.25, 0.3) is 5.97 Å². The molecule has 0 aliphatic carbocycles. The van der Waals surface area contributed by atoms with Gasteiger partial charge in [-0.15, -0.1) is 0 Å². The van der Waals surface area contributed by atoms with Crippen molar-refractivity contribution < 1.29 is 28.7 Å². The average Bonchev–Trinajstić information content (AvgIpc) is 3.08. The van der Waals surface area contributed by atoms with Gasteiger partial charge in [0.1, 0.15) is 6.04 Å². The second kappa shape index (κ2) is 11.7. The van der Waals surface area contributed by atoms with Gasteiger partial charge in [-0.1, -0.05) is 5.16 Å². The van der Waals surface area contributed by atoms with Crippen molar-refractivity contribution in [3.05, 3.63) is 24.1 Å². The number of rotatable bonds is 5. The fourth-order valence-corrected chi connectivity index (χ4v) is 2.89. The van der Waals surface area contributed by atoms with Crippen molar-refractivity contribution in [3.63, 3.8) is 0 Å². The van der Waals surface area contributed by atoms with Crippen LogP contribution in [0.15, 0.2) is 22.7 Å². The SMILES string of the molecule is CC(=O)O.COc1ccc(-c2noc(C(C)NC(=O)N3CCCNCC3)n2)cc1OC. The van der Waals surface area contributed by atoms with Crippen molar-refractivity contribution in [2.24, 2.45) is 0 Å². The van der Waals surface area contributed by atoms with Crippen molar-refractivity contribution in [3.8, 4) is 22.9 Å². The number of methoxy groups -OCH3 is 2. The number of carbonyl (C=O) groups is 2. The number of benzene rings is 1. The Kier molecular flexibility index (Phi) is 9.07. The van der Waals surface area contributed by atoms with Gasteiger partial charge in [-0.05, 0) is 38.1 Å². The summed E-state index contributed by atoms with van der Waals surface area (Å²) >= 11 is 0. The van der Waals surface area contributed by atoms with Gasteiger partial charge >= 0.3 is 6.03 Å². The molecule has 0 bridgehead atoms. The van der Waals surface area contributed by atoms with E-state index in [1.807, 2.05) is 13.0 Å². The van der Waals surface area contributed by atoms with Gasteiger partial charge < -0.3 is 34.6 Å². The van der Waals surface area contributed by atoms with Crippen LogP contribution in [0.3, 0.4) is 0 Å². The molecule has 0 spiro atoms. The Morgan fingerprint density at radius 3 is 2.61 bits per heavy atom. The number of carboxylic acid groups (broad SMARTS) is 1. The summed E-state index contributed by atoms with van der Waals surface area (Å²) < 4.78 is 15.9. The third kappa shape index (κ3) is 7.14. The minimum Gasteiger partial charge on any atom is -0.493 e. The Bertz CT molecular complexity index is 859. The first kappa shape index (κ1) is 23.9. The van der Waals surface area contributed by atoms with Crippen molar-refractivity contribution in [2.45, 2.75) is 26.3 Å².